The highest BCUT2D eigenvalue weighted by molar-refractivity contribution is 5.94. The van der Waals surface area contributed by atoms with Crippen LogP contribution >= 0.6 is 0 Å². The van der Waals surface area contributed by atoms with Crippen molar-refractivity contribution in [2.24, 2.45) is 0 Å². The van der Waals surface area contributed by atoms with Crippen molar-refractivity contribution in [3.8, 4) is 11.5 Å². The lowest BCUT2D eigenvalue weighted by Gasteiger charge is -2.36. The van der Waals surface area contributed by atoms with Crippen LogP contribution in [0.4, 0.5) is 11.4 Å². The van der Waals surface area contributed by atoms with Crippen molar-refractivity contribution < 1.29 is 28.6 Å². The van der Waals surface area contributed by atoms with E-state index < -0.39 is 0 Å². The van der Waals surface area contributed by atoms with Gasteiger partial charge in [-0.3, -0.25) is 19.3 Å². The number of hydrogen-bond donors (Lipinski definition) is 2. The van der Waals surface area contributed by atoms with Gasteiger partial charge in [0.2, 0.25) is 5.91 Å². The molecule has 2 aliphatic heterocycles. The van der Waals surface area contributed by atoms with Gasteiger partial charge in [-0.1, -0.05) is 18.2 Å². The number of carbonyl (C=O) groups is 3. The molecule has 0 spiro atoms. The topological polar surface area (TPSA) is 109 Å². The number of carbonyl (C=O) groups excluding carboxylic acids is 3. The van der Waals surface area contributed by atoms with Crippen molar-refractivity contribution in [1.29, 1.82) is 0 Å². The van der Waals surface area contributed by atoms with Crippen LogP contribution in [0.1, 0.15) is 38.2 Å². The summed E-state index contributed by atoms with van der Waals surface area (Å²) in [5, 5.41) is 5.61. The Morgan fingerprint density at radius 1 is 1.00 bits per heavy atom. The normalized spacial score (nSPS) is 15.1. The summed E-state index contributed by atoms with van der Waals surface area (Å²) in [5.74, 6) is 0.933. The molecule has 0 saturated carbocycles. The minimum Gasteiger partial charge on any atom is -0.494 e. The van der Waals surface area contributed by atoms with Gasteiger partial charge in [-0.25, -0.2) is 0 Å². The van der Waals surface area contributed by atoms with E-state index in [4.69, 9.17) is 14.2 Å². The molecule has 0 bridgehead atoms. The third-order valence-electron chi connectivity index (χ3n) is 7.01. The number of fused-ring (bicyclic) bond motifs is 1. The molecule has 1 fully saturated rings. The van der Waals surface area contributed by atoms with Crippen molar-refractivity contribution in [2.75, 3.05) is 69.3 Å². The number of unbranched alkanes of at least 4 members (excludes halogenated alkanes) is 1. The van der Waals surface area contributed by atoms with E-state index >= 15 is 0 Å². The summed E-state index contributed by atoms with van der Waals surface area (Å²) in [7, 11) is 0. The molecule has 40 heavy (non-hydrogen) atoms. The molecule has 0 unspecified atom stereocenters. The van der Waals surface area contributed by atoms with Gasteiger partial charge in [0.15, 0.2) is 6.61 Å². The van der Waals surface area contributed by atoms with E-state index in [1.54, 1.807) is 6.92 Å². The zero-order valence-corrected chi connectivity index (χ0v) is 23.3. The van der Waals surface area contributed by atoms with Gasteiger partial charge in [-0.05, 0) is 56.5 Å². The largest absolute Gasteiger partial charge is 0.494 e. The van der Waals surface area contributed by atoms with Gasteiger partial charge < -0.3 is 29.7 Å². The van der Waals surface area contributed by atoms with Crippen LogP contribution in [0.2, 0.25) is 0 Å². The zero-order chi connectivity index (χ0) is 28.2. The van der Waals surface area contributed by atoms with Gasteiger partial charge in [-0.2, -0.15) is 0 Å². The lowest BCUT2D eigenvalue weighted by Crippen LogP contribution is -2.46. The first-order valence-corrected chi connectivity index (χ1v) is 14.2. The van der Waals surface area contributed by atoms with Crippen LogP contribution in [-0.4, -0.2) is 81.8 Å². The summed E-state index contributed by atoms with van der Waals surface area (Å²) >= 11 is 0. The van der Waals surface area contributed by atoms with Crippen LogP contribution in [-0.2, 0) is 25.5 Å². The van der Waals surface area contributed by atoms with Crippen LogP contribution in [0.15, 0.2) is 42.5 Å². The van der Waals surface area contributed by atoms with Crippen molar-refractivity contribution in [1.82, 2.24) is 10.2 Å². The summed E-state index contributed by atoms with van der Waals surface area (Å²) in [6.07, 6.45) is 3.48. The van der Waals surface area contributed by atoms with Crippen LogP contribution < -0.4 is 25.0 Å². The average molecular weight is 553 g/mol. The molecule has 2 aliphatic rings. The number of nitrogens with one attached hydrogen (secondary N) is 2. The fourth-order valence-corrected chi connectivity index (χ4v) is 4.85. The first-order chi connectivity index (χ1) is 19.5. The lowest BCUT2D eigenvalue weighted by molar-refractivity contribution is -0.143. The molecular weight excluding hydrogens is 512 g/mol. The predicted molar refractivity (Wildman–Crippen MR) is 153 cm³/mol. The molecule has 216 valence electrons. The highest BCUT2D eigenvalue weighted by Gasteiger charge is 2.20. The van der Waals surface area contributed by atoms with Gasteiger partial charge in [0.25, 0.3) is 5.91 Å². The third-order valence-corrected chi connectivity index (χ3v) is 7.01. The van der Waals surface area contributed by atoms with E-state index in [0.29, 0.717) is 25.4 Å². The fourth-order valence-electron chi connectivity index (χ4n) is 4.85. The number of aryl methyl sites for hydroxylation is 1. The number of para-hydroxylation sites is 2. The zero-order valence-electron chi connectivity index (χ0n) is 23.3. The maximum atomic E-state index is 12.2. The van der Waals surface area contributed by atoms with Gasteiger partial charge in [0.1, 0.15) is 11.5 Å². The Balaban J connectivity index is 1.12. The smallest absolute Gasteiger partial charge is 0.307 e. The van der Waals surface area contributed by atoms with E-state index in [0.717, 1.165) is 74.7 Å². The minimum atomic E-state index is -0.330. The van der Waals surface area contributed by atoms with E-state index in [1.807, 2.05) is 42.5 Å². The Morgan fingerprint density at radius 3 is 2.65 bits per heavy atom. The first-order valence-electron chi connectivity index (χ1n) is 14.2. The molecule has 2 N–H and O–H groups in total. The Bertz CT molecular complexity index is 1150. The Labute approximate surface area is 235 Å². The fraction of sp³-hybridized carbons (Fsp3) is 0.500. The highest BCUT2D eigenvalue weighted by Crippen LogP contribution is 2.29. The molecule has 1 saturated heterocycles. The van der Waals surface area contributed by atoms with Crippen LogP contribution in [0.5, 0.6) is 11.5 Å². The number of amides is 2. The summed E-state index contributed by atoms with van der Waals surface area (Å²) in [6, 6.07) is 13.7. The van der Waals surface area contributed by atoms with E-state index in [2.05, 4.69) is 20.4 Å². The number of benzene rings is 2. The second kappa shape index (κ2) is 15.1. The Morgan fingerprint density at radius 2 is 1.82 bits per heavy atom. The summed E-state index contributed by atoms with van der Waals surface area (Å²) in [6.45, 7) is 7.52. The number of esters is 1. The molecule has 10 nitrogen and oxygen atoms in total. The number of piperazine rings is 1. The third kappa shape index (κ3) is 8.87. The van der Waals surface area contributed by atoms with Gasteiger partial charge in [-0.15, -0.1) is 0 Å². The van der Waals surface area contributed by atoms with E-state index in [-0.39, 0.29) is 37.4 Å². The standard InChI is InChI=1S/C30H40N4O6/c1-2-38-30(37)13-14-31-29(36)22-40-27-8-4-3-7-26(27)34-18-16-33(17-19-34)15-5-6-20-39-24-11-9-23-10-12-28(35)32-25(23)21-24/h3-4,7-9,11,21H,2,5-6,10,12-20,22H2,1H3,(H,31,36)(H,32,35). The lowest BCUT2D eigenvalue weighted by atomic mass is 10.0. The van der Waals surface area contributed by atoms with E-state index in [1.165, 1.54) is 0 Å². The molecule has 0 radical (unpaired) electrons. The van der Waals surface area contributed by atoms with Crippen molar-refractivity contribution in [2.45, 2.75) is 39.0 Å². The molecule has 4 rings (SSSR count). The molecule has 0 aliphatic carbocycles. The second-order valence-electron chi connectivity index (χ2n) is 9.91. The van der Waals surface area contributed by atoms with Gasteiger partial charge in [0, 0.05) is 50.9 Å². The summed E-state index contributed by atoms with van der Waals surface area (Å²) in [5.41, 5.74) is 3.01. The van der Waals surface area contributed by atoms with Crippen molar-refractivity contribution in [3.63, 3.8) is 0 Å². The van der Waals surface area contributed by atoms with E-state index in [9.17, 15) is 14.4 Å². The van der Waals surface area contributed by atoms with Crippen molar-refractivity contribution in [3.05, 3.63) is 48.0 Å². The quantitative estimate of drug-likeness (QED) is 0.272. The number of anilines is 2. The van der Waals surface area contributed by atoms with Crippen molar-refractivity contribution >= 4 is 29.2 Å². The minimum absolute atomic E-state index is 0.0626. The molecule has 2 amide bonds. The maximum Gasteiger partial charge on any atom is 0.307 e. The molecule has 2 aromatic carbocycles. The van der Waals surface area contributed by atoms with Crippen LogP contribution in [0.3, 0.4) is 0 Å². The molecule has 2 heterocycles. The van der Waals surface area contributed by atoms with Crippen LogP contribution in [0.25, 0.3) is 0 Å². The second-order valence-corrected chi connectivity index (χ2v) is 9.91. The average Bonchev–Trinajstić information content (AvgIpc) is 2.96. The molecule has 2 aromatic rings. The Hall–Kier alpha value is -3.79. The highest BCUT2D eigenvalue weighted by atomic mass is 16.5. The Kier molecular flexibility index (Phi) is 11.0. The first kappa shape index (κ1) is 29.2. The predicted octanol–water partition coefficient (Wildman–Crippen LogP) is 3.00. The van der Waals surface area contributed by atoms with Gasteiger partial charge in [0.05, 0.1) is 25.3 Å². The number of nitrogens with zero attached hydrogens (tertiary/aromatic N) is 2. The van der Waals surface area contributed by atoms with Crippen LogP contribution in [0, 0.1) is 0 Å². The maximum absolute atomic E-state index is 12.2. The SMILES string of the molecule is CCOC(=O)CCNC(=O)COc1ccccc1N1CCN(CCCCOc2ccc3c(c2)NC(=O)CC3)CC1. The number of hydrogen-bond acceptors (Lipinski definition) is 8. The summed E-state index contributed by atoms with van der Waals surface area (Å²) in [4.78, 5) is 39.9. The van der Waals surface area contributed by atoms with Gasteiger partial charge >= 0.3 is 5.97 Å². The summed E-state index contributed by atoms with van der Waals surface area (Å²) < 4.78 is 16.6. The number of rotatable bonds is 14. The molecular formula is C30H40N4O6. The molecule has 0 atom stereocenters. The monoisotopic (exact) mass is 552 g/mol. The number of ether oxygens (including phenoxy) is 3. The molecule has 10 heteroatoms. The molecule has 0 aromatic heterocycles.